The molecule has 0 atom stereocenters. The molecule has 3 rings (SSSR count). The molecule has 0 N–H and O–H groups in total. The Hall–Kier alpha value is -2.67. The molecule has 0 bridgehead atoms. The van der Waals surface area contributed by atoms with Crippen LogP contribution in [0.3, 0.4) is 0 Å². The number of ketones is 1. The molecule has 1 aliphatic heterocycles. The van der Waals surface area contributed by atoms with E-state index in [2.05, 4.69) is 0 Å². The second-order valence-corrected chi connectivity index (χ2v) is 6.34. The standard InChI is InChI=1S/C18H14FNO4S/c19-13-7-5-12(6-8-13)15(21)10-24-18(23)9-20-14-3-1-2-4-16(14)25-11-17(20)22/h1-8H,9-11H2. The Bertz CT molecular complexity index is 822. The maximum atomic E-state index is 12.8. The number of hydrogen-bond donors (Lipinski definition) is 0. The van der Waals surface area contributed by atoms with Crippen LogP contribution in [0.15, 0.2) is 53.4 Å². The van der Waals surface area contributed by atoms with Crippen molar-refractivity contribution in [1.82, 2.24) is 0 Å². The Morgan fingerprint density at radius 1 is 1.12 bits per heavy atom. The van der Waals surface area contributed by atoms with Crippen LogP contribution in [0.4, 0.5) is 10.1 Å². The summed E-state index contributed by atoms with van der Waals surface area (Å²) in [6, 6.07) is 12.3. The van der Waals surface area contributed by atoms with Gasteiger partial charge in [0.1, 0.15) is 12.4 Å². The van der Waals surface area contributed by atoms with E-state index in [1.54, 1.807) is 12.1 Å². The maximum absolute atomic E-state index is 12.8. The molecule has 0 fully saturated rings. The van der Waals surface area contributed by atoms with Gasteiger partial charge in [-0.15, -0.1) is 11.8 Å². The van der Waals surface area contributed by atoms with Crippen molar-refractivity contribution >= 4 is 35.1 Å². The maximum Gasteiger partial charge on any atom is 0.326 e. The molecule has 1 heterocycles. The number of nitrogens with zero attached hydrogens (tertiary/aromatic N) is 1. The van der Waals surface area contributed by atoms with Gasteiger partial charge in [0, 0.05) is 10.5 Å². The van der Waals surface area contributed by atoms with Crippen LogP contribution in [0, 0.1) is 5.82 Å². The zero-order valence-corrected chi connectivity index (χ0v) is 13.9. The van der Waals surface area contributed by atoms with Crippen LogP contribution in [0.2, 0.25) is 0 Å². The molecular weight excluding hydrogens is 345 g/mol. The molecule has 25 heavy (non-hydrogen) atoms. The van der Waals surface area contributed by atoms with Crippen LogP contribution in [0.1, 0.15) is 10.4 Å². The Kier molecular flexibility index (Phi) is 5.14. The lowest BCUT2D eigenvalue weighted by Crippen LogP contribution is -2.40. The van der Waals surface area contributed by atoms with Gasteiger partial charge in [0.2, 0.25) is 5.91 Å². The molecular formula is C18H14FNO4S. The van der Waals surface area contributed by atoms with E-state index in [0.29, 0.717) is 5.69 Å². The minimum absolute atomic E-state index is 0.189. The number of thioether (sulfide) groups is 1. The fraction of sp³-hybridized carbons (Fsp3) is 0.167. The number of rotatable bonds is 5. The molecule has 128 valence electrons. The molecule has 1 amide bonds. The topological polar surface area (TPSA) is 63.7 Å². The number of halogens is 1. The van der Waals surface area contributed by atoms with E-state index in [0.717, 1.165) is 17.0 Å². The molecule has 0 aromatic heterocycles. The van der Waals surface area contributed by atoms with Gasteiger partial charge in [0.05, 0.1) is 11.4 Å². The van der Waals surface area contributed by atoms with E-state index in [1.165, 1.54) is 28.8 Å². The quantitative estimate of drug-likeness (QED) is 0.607. The SMILES string of the molecule is O=C(CN1C(=O)CSc2ccccc21)OCC(=O)c1ccc(F)cc1. The van der Waals surface area contributed by atoms with Crippen LogP contribution in [-0.4, -0.2) is 36.6 Å². The van der Waals surface area contributed by atoms with E-state index in [4.69, 9.17) is 4.74 Å². The van der Waals surface area contributed by atoms with E-state index in [9.17, 15) is 18.8 Å². The number of benzene rings is 2. The highest BCUT2D eigenvalue weighted by Crippen LogP contribution is 2.34. The summed E-state index contributed by atoms with van der Waals surface area (Å²) in [7, 11) is 0. The third-order valence-electron chi connectivity index (χ3n) is 3.63. The zero-order chi connectivity index (χ0) is 17.8. The van der Waals surface area contributed by atoms with Gasteiger partial charge >= 0.3 is 5.97 Å². The van der Waals surface area contributed by atoms with Gasteiger partial charge < -0.3 is 4.74 Å². The molecule has 0 radical (unpaired) electrons. The fourth-order valence-electron chi connectivity index (χ4n) is 2.37. The summed E-state index contributed by atoms with van der Waals surface area (Å²) < 4.78 is 17.8. The van der Waals surface area contributed by atoms with Gasteiger partial charge in [-0.3, -0.25) is 19.3 Å². The summed E-state index contributed by atoms with van der Waals surface area (Å²) >= 11 is 1.42. The highest BCUT2D eigenvalue weighted by atomic mass is 32.2. The van der Waals surface area contributed by atoms with Crippen molar-refractivity contribution in [2.75, 3.05) is 23.8 Å². The van der Waals surface area contributed by atoms with Crippen molar-refractivity contribution in [2.24, 2.45) is 0 Å². The van der Waals surface area contributed by atoms with E-state index < -0.39 is 24.2 Å². The number of hydrogen-bond acceptors (Lipinski definition) is 5. The lowest BCUT2D eigenvalue weighted by Gasteiger charge is -2.27. The fourth-order valence-corrected chi connectivity index (χ4v) is 3.30. The third kappa shape index (κ3) is 4.06. The summed E-state index contributed by atoms with van der Waals surface area (Å²) in [6.07, 6.45) is 0. The smallest absolute Gasteiger partial charge is 0.326 e. The van der Waals surface area contributed by atoms with Gasteiger partial charge in [-0.05, 0) is 36.4 Å². The Balaban J connectivity index is 1.60. The van der Waals surface area contributed by atoms with Crippen LogP contribution in [0.25, 0.3) is 0 Å². The number of esters is 1. The first-order chi connectivity index (χ1) is 12.0. The van der Waals surface area contributed by atoms with E-state index in [-0.39, 0.29) is 23.8 Å². The first-order valence-corrected chi connectivity index (χ1v) is 8.50. The van der Waals surface area contributed by atoms with Crippen molar-refractivity contribution in [1.29, 1.82) is 0 Å². The van der Waals surface area contributed by atoms with Crippen molar-refractivity contribution in [2.45, 2.75) is 4.90 Å². The largest absolute Gasteiger partial charge is 0.456 e. The monoisotopic (exact) mass is 359 g/mol. The molecule has 2 aromatic carbocycles. The Morgan fingerprint density at radius 3 is 2.60 bits per heavy atom. The number of fused-ring (bicyclic) bond motifs is 1. The minimum atomic E-state index is -0.675. The van der Waals surface area contributed by atoms with Crippen molar-refractivity contribution in [3.63, 3.8) is 0 Å². The van der Waals surface area contributed by atoms with Gasteiger partial charge in [-0.25, -0.2) is 4.39 Å². The Labute approximate surface area is 147 Å². The number of para-hydroxylation sites is 1. The van der Waals surface area contributed by atoms with E-state index >= 15 is 0 Å². The molecule has 7 heteroatoms. The molecule has 0 saturated carbocycles. The Morgan fingerprint density at radius 2 is 1.84 bits per heavy atom. The number of Topliss-reactive ketones (excluding diaryl/α,β-unsaturated/α-hetero) is 1. The lowest BCUT2D eigenvalue weighted by atomic mass is 10.1. The summed E-state index contributed by atoms with van der Waals surface area (Å²) in [5, 5.41) is 0. The first-order valence-electron chi connectivity index (χ1n) is 7.51. The number of anilines is 1. The summed E-state index contributed by atoms with van der Waals surface area (Å²) in [6.45, 7) is -0.712. The highest BCUT2D eigenvalue weighted by molar-refractivity contribution is 8.00. The molecule has 0 unspecified atom stereocenters. The summed E-state index contributed by atoms with van der Waals surface area (Å²) in [5.41, 5.74) is 0.913. The number of amides is 1. The second-order valence-electron chi connectivity index (χ2n) is 5.33. The molecule has 2 aromatic rings. The summed E-state index contributed by atoms with van der Waals surface area (Å²) in [4.78, 5) is 38.3. The van der Waals surface area contributed by atoms with Crippen LogP contribution in [-0.2, 0) is 14.3 Å². The average Bonchev–Trinajstić information content (AvgIpc) is 2.63. The predicted molar refractivity (Wildman–Crippen MR) is 91.2 cm³/mol. The number of carbonyl (C=O) groups excluding carboxylic acids is 3. The average molecular weight is 359 g/mol. The zero-order valence-electron chi connectivity index (χ0n) is 13.1. The minimum Gasteiger partial charge on any atom is -0.456 e. The summed E-state index contributed by atoms with van der Waals surface area (Å²) in [5.74, 6) is -1.50. The first kappa shape index (κ1) is 17.2. The van der Waals surface area contributed by atoms with Gasteiger partial charge in [-0.1, -0.05) is 12.1 Å². The third-order valence-corrected chi connectivity index (χ3v) is 4.67. The van der Waals surface area contributed by atoms with Crippen LogP contribution >= 0.6 is 11.8 Å². The van der Waals surface area contributed by atoms with Gasteiger partial charge in [-0.2, -0.15) is 0 Å². The number of ether oxygens (including phenoxy) is 1. The van der Waals surface area contributed by atoms with Crippen molar-refractivity contribution in [3.8, 4) is 0 Å². The van der Waals surface area contributed by atoms with Gasteiger partial charge in [0.25, 0.3) is 0 Å². The predicted octanol–water partition coefficient (Wildman–Crippen LogP) is 2.69. The van der Waals surface area contributed by atoms with Gasteiger partial charge in [0.15, 0.2) is 12.4 Å². The second kappa shape index (κ2) is 7.48. The van der Waals surface area contributed by atoms with Crippen molar-refractivity contribution < 1.29 is 23.5 Å². The molecule has 0 aliphatic carbocycles. The molecule has 0 saturated heterocycles. The molecule has 0 spiro atoms. The lowest BCUT2D eigenvalue weighted by molar-refractivity contribution is -0.141. The highest BCUT2D eigenvalue weighted by Gasteiger charge is 2.26. The number of carbonyl (C=O) groups is 3. The molecule has 5 nitrogen and oxygen atoms in total. The van der Waals surface area contributed by atoms with Crippen LogP contribution in [0.5, 0.6) is 0 Å². The van der Waals surface area contributed by atoms with E-state index in [1.807, 2.05) is 12.1 Å². The molecule has 1 aliphatic rings. The van der Waals surface area contributed by atoms with Crippen LogP contribution < -0.4 is 4.90 Å². The van der Waals surface area contributed by atoms with Crippen molar-refractivity contribution in [3.05, 3.63) is 59.9 Å². The normalized spacial score (nSPS) is 13.3.